The Morgan fingerprint density at radius 3 is 1.71 bits per heavy atom. The van der Waals surface area contributed by atoms with E-state index in [9.17, 15) is 0 Å². The summed E-state index contributed by atoms with van der Waals surface area (Å²) in [5.41, 5.74) is 0. The molecule has 0 atom stereocenters. The van der Waals surface area contributed by atoms with Crippen LogP contribution in [0.5, 0.6) is 0 Å². The first-order valence-corrected chi connectivity index (χ1v) is 24.1. The van der Waals surface area contributed by atoms with Gasteiger partial charge in [0.1, 0.15) is 0 Å². The molecule has 0 amide bonds. The molecule has 0 aliphatic carbocycles. The number of rotatable bonds is 0. The summed E-state index contributed by atoms with van der Waals surface area (Å²) in [7, 11) is 0. The zero-order valence-electron chi connectivity index (χ0n) is 11.8. The van der Waals surface area contributed by atoms with E-state index in [4.69, 9.17) is 18.7 Å². The van der Waals surface area contributed by atoms with Crippen LogP contribution in [0.1, 0.15) is 19.3 Å². The Morgan fingerprint density at radius 2 is 1.24 bits per heavy atom. The van der Waals surface area contributed by atoms with Crippen molar-refractivity contribution in [2.24, 2.45) is 0 Å². The fourth-order valence-electron chi connectivity index (χ4n) is 4.11. The number of hydrogen-bond acceptors (Lipinski definition) is 7. The fourth-order valence-corrected chi connectivity index (χ4v) is 80.1. The monoisotopic (exact) mass is 653 g/mol. The second-order valence-corrected chi connectivity index (χ2v) is 39.2. The number of halogens is 1. The molecular weight excluding hydrogens is 626 g/mol. The molecule has 7 nitrogen and oxygen atoms in total. The van der Waals surface area contributed by atoms with Gasteiger partial charge in [0, 0.05) is 0 Å². The van der Waals surface area contributed by atoms with Crippen molar-refractivity contribution in [1.82, 2.24) is 0 Å². The molecule has 0 aromatic rings. The summed E-state index contributed by atoms with van der Waals surface area (Å²) in [5, 5.41) is 0. The van der Waals surface area contributed by atoms with Gasteiger partial charge in [-0.2, -0.15) is 0 Å². The van der Waals surface area contributed by atoms with Crippen molar-refractivity contribution in [3.05, 3.63) is 0 Å². The first kappa shape index (κ1) is 15.3. The van der Waals surface area contributed by atoms with Gasteiger partial charge < -0.3 is 0 Å². The van der Waals surface area contributed by atoms with Crippen LogP contribution < -0.4 is 21.6 Å². The van der Waals surface area contributed by atoms with Crippen LogP contribution in [-0.2, 0) is 18.7 Å². The van der Waals surface area contributed by atoms with E-state index in [1.807, 2.05) is 0 Å². The Labute approximate surface area is 134 Å². The molecule has 2 spiro atoms. The maximum absolute atomic E-state index is 7.00. The Kier molecular flexibility index (Phi) is 2.73. The molecular formula is C11H22IO7Te2-. The van der Waals surface area contributed by atoms with E-state index in [0.717, 1.165) is 32.6 Å². The number of alkyl halides is 1. The van der Waals surface area contributed by atoms with E-state index in [-0.39, 0.29) is 0 Å². The van der Waals surface area contributed by atoms with Crippen molar-refractivity contribution < 1.29 is 40.3 Å². The topological polar surface area (TPSA) is 64.6 Å². The van der Waals surface area contributed by atoms with Gasteiger partial charge in [-0.05, 0) is 0 Å². The van der Waals surface area contributed by atoms with Gasteiger partial charge in [0.25, 0.3) is 0 Å². The van der Waals surface area contributed by atoms with Crippen LogP contribution in [0.2, 0.25) is 17.9 Å². The van der Waals surface area contributed by atoms with E-state index in [1.54, 1.807) is 0 Å². The van der Waals surface area contributed by atoms with Crippen LogP contribution in [0.4, 0.5) is 0 Å². The van der Waals surface area contributed by atoms with Crippen molar-refractivity contribution in [1.29, 1.82) is 0 Å². The van der Waals surface area contributed by atoms with E-state index in [1.165, 1.54) is 0 Å². The Balaban J connectivity index is 1.74. The van der Waals surface area contributed by atoms with Gasteiger partial charge >= 0.3 is 136 Å². The summed E-state index contributed by atoms with van der Waals surface area (Å²) in [4.78, 5) is 0. The normalized spacial score (nSPS) is 49.5. The molecule has 0 radical (unpaired) electrons. The summed E-state index contributed by atoms with van der Waals surface area (Å²) in [6.45, 7) is 1.87. The molecule has 10 heteroatoms. The molecule has 5 rings (SSSR count). The first-order valence-electron chi connectivity index (χ1n) is 7.44. The van der Waals surface area contributed by atoms with Crippen molar-refractivity contribution in [2.45, 2.75) is 37.1 Å². The third-order valence-corrected chi connectivity index (χ3v) is 57.4. The van der Waals surface area contributed by atoms with Gasteiger partial charge in [0.2, 0.25) is 0 Å². The average Bonchev–Trinajstić information content (AvgIpc) is 3.26. The second-order valence-electron chi connectivity index (χ2n) is 6.52. The summed E-state index contributed by atoms with van der Waals surface area (Å²) >= 11 is -10.4. The first-order chi connectivity index (χ1) is 9.96. The van der Waals surface area contributed by atoms with E-state index in [2.05, 4.69) is 0 Å². The quantitative estimate of drug-likeness (QED) is 0.144. The molecule has 5 fully saturated rings. The molecule has 0 aromatic carbocycles. The Hall–Kier alpha value is 2.03. The summed E-state index contributed by atoms with van der Waals surface area (Å²) < 4.78 is 48.6. The molecule has 128 valence electrons. The predicted octanol–water partition coefficient (Wildman–Crippen LogP) is -1.05. The average molecular weight is 648 g/mol. The van der Waals surface area contributed by atoms with Crippen molar-refractivity contribution in [2.75, 3.05) is 24.2 Å². The Morgan fingerprint density at radius 1 is 0.667 bits per heavy atom. The molecule has 5 saturated heterocycles. The van der Waals surface area contributed by atoms with Crippen LogP contribution in [0.15, 0.2) is 0 Å². The van der Waals surface area contributed by atoms with Crippen molar-refractivity contribution in [3.8, 4) is 0 Å². The van der Waals surface area contributed by atoms with Crippen LogP contribution in [0, 0.1) is 0 Å². The molecule has 5 aliphatic heterocycles. The van der Waals surface area contributed by atoms with E-state index in [0.29, 0.717) is 28.8 Å². The van der Waals surface area contributed by atoms with Gasteiger partial charge in [-0.15, -0.1) is 0 Å². The fraction of sp³-hybridized carbons (Fsp3) is 1.00. The van der Waals surface area contributed by atoms with E-state index >= 15 is 0 Å². The molecule has 0 bridgehead atoms. The third-order valence-electron chi connectivity index (χ3n) is 5.07. The predicted molar refractivity (Wildman–Crippen MR) is 71.7 cm³/mol. The van der Waals surface area contributed by atoms with Gasteiger partial charge in [-0.3, -0.25) is 0 Å². The van der Waals surface area contributed by atoms with Crippen LogP contribution in [-0.4, -0.2) is 58.4 Å². The molecule has 0 saturated carbocycles. The summed E-state index contributed by atoms with van der Waals surface area (Å²) in [6, 6.07) is 0. The van der Waals surface area contributed by atoms with Gasteiger partial charge in [-0.1, -0.05) is 0 Å². The summed E-state index contributed by atoms with van der Waals surface area (Å²) in [6.07, 6.45) is 2.70. The zero-order valence-corrected chi connectivity index (χ0v) is 18.6. The molecule has 5 aliphatic rings. The van der Waals surface area contributed by atoms with Gasteiger partial charge in [0.15, 0.2) is 0 Å². The maximum atomic E-state index is 7.00. The standard InChI is InChI=1S/C11H22IO7Te2/c1-5-13-20(8-1,9-2-6-14-20)17-18-21(19-20,10-3-7-15-21)11-4-12-16-21/h1-11H2/q-1. The van der Waals surface area contributed by atoms with Gasteiger partial charge in [0.05, 0.1) is 0 Å². The molecule has 0 aromatic heterocycles. The Bertz CT molecular complexity index is 440. The van der Waals surface area contributed by atoms with Crippen LogP contribution in [0.25, 0.3) is 0 Å². The van der Waals surface area contributed by atoms with Crippen molar-refractivity contribution >= 4 is 34.2 Å². The molecule has 5 heterocycles. The molecule has 0 N–H and O–H groups in total. The van der Waals surface area contributed by atoms with Gasteiger partial charge in [-0.25, -0.2) is 0 Å². The SMILES string of the molecule is C1CO[Te]23(C1)(CCCO2)OO[Te]12(CCCO1)(CC[I-]O2)O3. The second kappa shape index (κ2) is 3.74. The minimum absolute atomic E-state index is 0.412. The molecule has 0 unspecified atom stereocenters. The zero-order chi connectivity index (χ0) is 14.3. The molecule has 21 heavy (non-hydrogen) atoms. The summed E-state index contributed by atoms with van der Waals surface area (Å²) in [5.74, 6) is 0. The van der Waals surface area contributed by atoms with E-state index < -0.39 is 55.8 Å². The number of hydrogen-bond donors (Lipinski definition) is 0. The van der Waals surface area contributed by atoms with Crippen LogP contribution >= 0.6 is 0 Å². The minimum atomic E-state index is -5.02. The van der Waals surface area contributed by atoms with Crippen molar-refractivity contribution in [3.63, 3.8) is 0 Å². The van der Waals surface area contributed by atoms with Crippen LogP contribution in [0.3, 0.4) is 0 Å². The third kappa shape index (κ3) is 1.57.